The topological polar surface area (TPSA) is 34.5 Å². The molecule has 0 bridgehead atoms. The van der Waals surface area contributed by atoms with Gasteiger partial charge in [0.15, 0.2) is 0 Å². The van der Waals surface area contributed by atoms with Gasteiger partial charge in [-0.1, -0.05) is 170 Å². The summed E-state index contributed by atoms with van der Waals surface area (Å²) < 4.78 is 15.7. The summed E-state index contributed by atoms with van der Waals surface area (Å²) in [5.74, 6) is 0. The van der Waals surface area contributed by atoms with Crippen molar-refractivity contribution in [1.82, 2.24) is 4.57 Å². The Labute approximate surface area is 391 Å². The van der Waals surface area contributed by atoms with E-state index in [2.05, 4.69) is 240 Å². The Balaban J connectivity index is 0.921. The molecule has 68 heavy (non-hydrogen) atoms. The predicted molar refractivity (Wildman–Crippen MR) is 284 cm³/mol. The molecule has 0 amide bonds. The van der Waals surface area contributed by atoms with Gasteiger partial charge in [0.25, 0.3) is 0 Å². The molecule has 14 aromatic rings. The number of hydrogen-bond acceptors (Lipinski definition) is 3. The molecule has 0 spiro atoms. The Kier molecular flexibility index (Phi) is 8.55. The molecular weight excluding hydrogens is 829 g/mol. The number of hydrogen-bond donors (Lipinski definition) is 0. The summed E-state index contributed by atoms with van der Waals surface area (Å²) in [6.07, 6.45) is 0. The largest absolute Gasteiger partial charge is 0.456 e. The zero-order valence-electron chi connectivity index (χ0n) is 36.8. The third-order valence-electron chi connectivity index (χ3n) is 13.8. The van der Waals surface area contributed by atoms with Crippen LogP contribution in [0, 0.1) is 0 Å². The maximum absolute atomic E-state index is 6.94. The number of fused-ring (bicyclic) bond motifs is 11. The number of benzene rings is 11. The average Bonchev–Trinajstić information content (AvgIpc) is 4.09. The van der Waals surface area contributed by atoms with E-state index in [0.717, 1.165) is 111 Å². The van der Waals surface area contributed by atoms with Crippen molar-refractivity contribution >= 4 is 93.5 Å². The summed E-state index contributed by atoms with van der Waals surface area (Å²) >= 11 is 0. The number of rotatable bonds is 7. The van der Waals surface area contributed by atoms with Gasteiger partial charge >= 0.3 is 0 Å². The van der Waals surface area contributed by atoms with Gasteiger partial charge in [-0.05, 0) is 94.9 Å². The highest BCUT2D eigenvalue weighted by Crippen LogP contribution is 2.46. The van der Waals surface area contributed by atoms with Crippen molar-refractivity contribution < 1.29 is 8.83 Å². The molecule has 0 unspecified atom stereocenters. The smallest absolute Gasteiger partial charge is 0.143 e. The Morgan fingerprint density at radius 2 is 0.853 bits per heavy atom. The predicted octanol–water partition coefficient (Wildman–Crippen LogP) is 18.2. The highest BCUT2D eigenvalue weighted by molar-refractivity contribution is 6.18. The fourth-order valence-electron chi connectivity index (χ4n) is 10.7. The lowest BCUT2D eigenvalue weighted by molar-refractivity contribution is 0.669. The number of aromatic nitrogens is 1. The van der Waals surface area contributed by atoms with Crippen LogP contribution in [0.4, 0.5) is 17.1 Å². The van der Waals surface area contributed by atoms with Crippen LogP contribution in [0.1, 0.15) is 0 Å². The molecule has 0 aliphatic rings. The van der Waals surface area contributed by atoms with E-state index in [1.807, 2.05) is 12.1 Å². The fraction of sp³-hybridized carbons (Fsp3) is 0. The minimum atomic E-state index is 0.875. The van der Waals surface area contributed by atoms with Crippen molar-refractivity contribution in [2.45, 2.75) is 0 Å². The van der Waals surface area contributed by atoms with Crippen LogP contribution in [-0.4, -0.2) is 4.57 Å². The van der Waals surface area contributed by atoms with E-state index in [0.29, 0.717) is 0 Å². The van der Waals surface area contributed by atoms with Gasteiger partial charge in [0.05, 0.1) is 22.4 Å². The second kappa shape index (κ2) is 15.2. The number of nitrogens with zero attached hydrogens (tertiary/aromatic N) is 2. The molecule has 0 aliphatic carbocycles. The standard InChI is InChI=1S/C64H40N2O2/c1-2-16-48-42(14-1)32-39-56-55-22-13-21-54(64(55)68-63(48)56)51-19-6-9-24-58(51)65(45-34-28-41(29-35-45)44-33-38-53-52-20-7-12-27-61(52)67-62(53)40-44)46-36-30-43(31-37-46)47-15-3-8-23-57(47)66-59-25-10-4-17-49(59)50-18-5-11-26-60(50)66/h1-40H. The molecule has 0 aliphatic heterocycles. The monoisotopic (exact) mass is 868 g/mol. The molecule has 0 saturated carbocycles. The third kappa shape index (κ3) is 5.94. The Bertz CT molecular complexity index is 4210. The molecule has 318 valence electrons. The Morgan fingerprint density at radius 3 is 1.63 bits per heavy atom. The molecule has 4 nitrogen and oxygen atoms in total. The van der Waals surface area contributed by atoms with Crippen molar-refractivity contribution in [2.24, 2.45) is 0 Å². The van der Waals surface area contributed by atoms with Crippen LogP contribution < -0.4 is 4.90 Å². The molecule has 0 atom stereocenters. The van der Waals surface area contributed by atoms with E-state index >= 15 is 0 Å². The number of anilines is 3. The summed E-state index contributed by atoms with van der Waals surface area (Å²) in [5.41, 5.74) is 16.8. The first kappa shape index (κ1) is 38.2. The van der Waals surface area contributed by atoms with Crippen LogP contribution in [0.25, 0.3) is 116 Å². The van der Waals surface area contributed by atoms with Crippen molar-refractivity contribution in [3.05, 3.63) is 243 Å². The van der Waals surface area contributed by atoms with Crippen molar-refractivity contribution in [3.63, 3.8) is 0 Å². The van der Waals surface area contributed by atoms with E-state index in [-0.39, 0.29) is 0 Å². The zero-order valence-corrected chi connectivity index (χ0v) is 36.8. The third-order valence-corrected chi connectivity index (χ3v) is 13.8. The van der Waals surface area contributed by atoms with Gasteiger partial charge in [-0.25, -0.2) is 0 Å². The average molecular weight is 869 g/mol. The van der Waals surface area contributed by atoms with E-state index in [1.165, 1.54) is 21.8 Å². The van der Waals surface area contributed by atoms with E-state index < -0.39 is 0 Å². The summed E-state index contributed by atoms with van der Waals surface area (Å²) in [6, 6.07) is 86.9. The van der Waals surface area contributed by atoms with Crippen LogP contribution in [0.2, 0.25) is 0 Å². The van der Waals surface area contributed by atoms with Gasteiger partial charge in [-0.2, -0.15) is 0 Å². The molecule has 0 saturated heterocycles. The van der Waals surface area contributed by atoms with E-state index in [4.69, 9.17) is 8.83 Å². The first-order chi connectivity index (χ1) is 33.7. The maximum Gasteiger partial charge on any atom is 0.143 e. The second-order valence-electron chi connectivity index (χ2n) is 17.6. The van der Waals surface area contributed by atoms with Gasteiger partial charge in [-0.15, -0.1) is 0 Å². The summed E-state index contributed by atoms with van der Waals surface area (Å²) in [7, 11) is 0. The quantitative estimate of drug-likeness (QED) is 0.160. The van der Waals surface area contributed by atoms with Gasteiger partial charge in [0, 0.05) is 65.8 Å². The molecule has 0 N–H and O–H groups in total. The van der Waals surface area contributed by atoms with Crippen LogP contribution in [-0.2, 0) is 0 Å². The zero-order chi connectivity index (χ0) is 44.7. The molecule has 0 fully saturated rings. The second-order valence-corrected chi connectivity index (χ2v) is 17.6. The van der Waals surface area contributed by atoms with Crippen LogP contribution in [0.3, 0.4) is 0 Å². The molecule has 3 aromatic heterocycles. The van der Waals surface area contributed by atoms with E-state index in [1.54, 1.807) is 0 Å². The number of furan rings is 2. The molecule has 11 aromatic carbocycles. The summed E-state index contributed by atoms with van der Waals surface area (Å²) in [5, 5.41) is 9.23. The number of para-hydroxylation sites is 6. The van der Waals surface area contributed by atoms with Gasteiger partial charge in [0.2, 0.25) is 0 Å². The van der Waals surface area contributed by atoms with Crippen molar-refractivity contribution in [1.29, 1.82) is 0 Å². The lowest BCUT2D eigenvalue weighted by Crippen LogP contribution is -2.11. The molecular formula is C64H40N2O2. The van der Waals surface area contributed by atoms with Crippen molar-refractivity contribution in [3.8, 4) is 39.1 Å². The fourth-order valence-corrected chi connectivity index (χ4v) is 10.7. The molecule has 0 radical (unpaired) electrons. The SMILES string of the molecule is c1ccc(N(c2ccc(-c3ccc4c(c3)oc3ccccc34)cc2)c2ccc(-c3ccccc3-n3c4ccccc4c4ccccc43)cc2)c(-c2cccc3c2oc2c4ccccc4ccc32)c1. The van der Waals surface area contributed by atoms with Crippen molar-refractivity contribution in [2.75, 3.05) is 4.90 Å². The Hall–Kier alpha value is -9.12. The van der Waals surface area contributed by atoms with E-state index in [9.17, 15) is 0 Å². The first-order valence-corrected chi connectivity index (χ1v) is 23.2. The van der Waals surface area contributed by atoms with Crippen LogP contribution in [0.5, 0.6) is 0 Å². The maximum atomic E-state index is 6.94. The lowest BCUT2D eigenvalue weighted by Gasteiger charge is -2.28. The first-order valence-electron chi connectivity index (χ1n) is 23.2. The summed E-state index contributed by atoms with van der Waals surface area (Å²) in [4.78, 5) is 2.38. The lowest BCUT2D eigenvalue weighted by atomic mass is 9.98. The highest BCUT2D eigenvalue weighted by Gasteiger charge is 2.22. The Morgan fingerprint density at radius 1 is 0.309 bits per heavy atom. The highest BCUT2D eigenvalue weighted by atomic mass is 16.3. The van der Waals surface area contributed by atoms with Crippen LogP contribution in [0.15, 0.2) is 251 Å². The normalized spacial score (nSPS) is 11.8. The minimum Gasteiger partial charge on any atom is -0.456 e. The summed E-state index contributed by atoms with van der Waals surface area (Å²) in [6.45, 7) is 0. The molecule has 14 rings (SSSR count). The van der Waals surface area contributed by atoms with Crippen LogP contribution >= 0.6 is 0 Å². The molecule has 3 heterocycles. The van der Waals surface area contributed by atoms with Gasteiger partial charge < -0.3 is 18.3 Å². The van der Waals surface area contributed by atoms with Gasteiger partial charge in [0.1, 0.15) is 22.3 Å². The molecule has 4 heteroatoms. The minimum absolute atomic E-state index is 0.875. The van der Waals surface area contributed by atoms with Gasteiger partial charge in [-0.3, -0.25) is 0 Å².